The fraction of sp³-hybridized carbons (Fsp3) is 0. The van der Waals surface area contributed by atoms with Gasteiger partial charge in [-0.3, -0.25) is 0 Å². The zero-order valence-electron chi connectivity index (χ0n) is 23.9. The predicted octanol–water partition coefficient (Wildman–Crippen LogP) is 11.0. The van der Waals surface area contributed by atoms with Crippen LogP contribution in [0.2, 0.25) is 0 Å². The zero-order valence-corrected chi connectivity index (χ0v) is 23.9. The van der Waals surface area contributed by atoms with Gasteiger partial charge in [0.05, 0.1) is 0 Å². The van der Waals surface area contributed by atoms with Gasteiger partial charge in [-0.25, -0.2) is 0 Å². The normalized spacial score (nSPS) is 12.0. The van der Waals surface area contributed by atoms with Gasteiger partial charge in [0.1, 0.15) is 0 Å². The van der Waals surface area contributed by atoms with Gasteiger partial charge in [-0.2, -0.15) is 0 Å². The molecule has 0 amide bonds. The SMILES string of the molecule is C=C(/C=C\C(=C/N)c1c2ccccc2c(-c2cccc(-c3ccccc3)c2)c2ccccc12)c1cccc2ccccc12. The Morgan fingerprint density at radius 3 is 1.72 bits per heavy atom. The number of rotatable bonds is 6. The molecule has 0 unspecified atom stereocenters. The maximum absolute atomic E-state index is 6.39. The second kappa shape index (κ2) is 11.3. The molecule has 0 saturated carbocycles. The van der Waals surface area contributed by atoms with E-state index in [0.717, 1.165) is 22.3 Å². The van der Waals surface area contributed by atoms with Crippen molar-refractivity contribution in [3.8, 4) is 22.3 Å². The van der Waals surface area contributed by atoms with Crippen molar-refractivity contribution < 1.29 is 0 Å². The van der Waals surface area contributed by atoms with Gasteiger partial charge in [0.2, 0.25) is 0 Å². The van der Waals surface area contributed by atoms with Crippen LogP contribution in [0.5, 0.6) is 0 Å². The van der Waals surface area contributed by atoms with Gasteiger partial charge in [-0.15, -0.1) is 0 Å². The van der Waals surface area contributed by atoms with Crippen molar-refractivity contribution in [3.05, 3.63) is 182 Å². The summed E-state index contributed by atoms with van der Waals surface area (Å²) in [6.07, 6.45) is 5.91. The van der Waals surface area contributed by atoms with E-state index in [9.17, 15) is 0 Å². The molecule has 7 aromatic carbocycles. The first-order chi connectivity index (χ1) is 21.2. The fourth-order valence-electron chi connectivity index (χ4n) is 6.24. The van der Waals surface area contributed by atoms with Crippen molar-refractivity contribution in [2.75, 3.05) is 0 Å². The summed E-state index contributed by atoms with van der Waals surface area (Å²) in [5.74, 6) is 0. The Labute approximate surface area is 252 Å². The third-order valence-corrected chi connectivity index (χ3v) is 8.26. The molecule has 7 rings (SSSR count). The largest absolute Gasteiger partial charge is 0.404 e. The van der Waals surface area contributed by atoms with Crippen molar-refractivity contribution in [2.45, 2.75) is 0 Å². The minimum Gasteiger partial charge on any atom is -0.404 e. The topological polar surface area (TPSA) is 26.0 Å². The first-order valence-electron chi connectivity index (χ1n) is 14.6. The molecule has 0 saturated heterocycles. The summed E-state index contributed by atoms with van der Waals surface area (Å²) in [6.45, 7) is 4.43. The highest BCUT2D eigenvalue weighted by atomic mass is 14.5. The second-order valence-electron chi connectivity index (χ2n) is 10.8. The van der Waals surface area contributed by atoms with Crippen LogP contribution in [-0.4, -0.2) is 0 Å². The first kappa shape index (κ1) is 26.3. The van der Waals surface area contributed by atoms with Crippen LogP contribution in [0.25, 0.3) is 65.7 Å². The molecule has 7 aromatic rings. The number of hydrogen-bond acceptors (Lipinski definition) is 1. The molecule has 1 heteroatoms. The van der Waals surface area contributed by atoms with Crippen LogP contribution in [0.15, 0.2) is 171 Å². The van der Waals surface area contributed by atoms with E-state index in [1.54, 1.807) is 6.20 Å². The van der Waals surface area contributed by atoms with Gasteiger partial charge >= 0.3 is 0 Å². The van der Waals surface area contributed by atoms with E-state index in [2.05, 4.69) is 164 Å². The molecule has 0 aromatic heterocycles. The van der Waals surface area contributed by atoms with Crippen molar-refractivity contribution in [1.82, 2.24) is 0 Å². The standard InChI is InChI=1S/C42H31N/c1-29(35-24-12-16-31-15-5-6-19-36(31)35)25-26-34(28-43)42-39-22-9-7-20-37(39)41(38-21-8-10-23-40(38)42)33-18-11-17-32(27-33)30-13-3-2-4-14-30/h2-28H,1,43H2/b26-25-,34-28+. The highest BCUT2D eigenvalue weighted by Gasteiger charge is 2.17. The van der Waals surface area contributed by atoms with E-state index in [1.165, 1.54) is 54.6 Å². The molecule has 1 nitrogen and oxygen atoms in total. The molecule has 0 aliphatic heterocycles. The van der Waals surface area contributed by atoms with E-state index in [0.29, 0.717) is 0 Å². The lowest BCUT2D eigenvalue weighted by Gasteiger charge is -2.18. The summed E-state index contributed by atoms with van der Waals surface area (Å²) in [5, 5.41) is 7.12. The van der Waals surface area contributed by atoms with E-state index in [4.69, 9.17) is 5.73 Å². The first-order valence-corrected chi connectivity index (χ1v) is 14.6. The summed E-state index contributed by atoms with van der Waals surface area (Å²) < 4.78 is 0. The average Bonchev–Trinajstić information content (AvgIpc) is 3.08. The average molecular weight is 550 g/mol. The molecule has 2 N–H and O–H groups in total. The Bertz CT molecular complexity index is 2140. The Balaban J connectivity index is 1.39. The molecule has 0 heterocycles. The lowest BCUT2D eigenvalue weighted by atomic mass is 9.85. The third kappa shape index (κ3) is 4.81. The maximum Gasteiger partial charge on any atom is 0.00180 e. The highest BCUT2D eigenvalue weighted by Crippen LogP contribution is 2.42. The van der Waals surface area contributed by atoms with Crippen LogP contribution in [0.1, 0.15) is 11.1 Å². The minimum absolute atomic E-state index is 0.944. The van der Waals surface area contributed by atoms with Crippen molar-refractivity contribution >= 4 is 43.5 Å². The van der Waals surface area contributed by atoms with Gasteiger partial charge in [0.15, 0.2) is 0 Å². The van der Waals surface area contributed by atoms with E-state index < -0.39 is 0 Å². The van der Waals surface area contributed by atoms with E-state index in [-0.39, 0.29) is 0 Å². The summed E-state index contributed by atoms with van der Waals surface area (Å²) in [5.41, 5.74) is 15.4. The second-order valence-corrected chi connectivity index (χ2v) is 10.8. The molecular weight excluding hydrogens is 518 g/mol. The van der Waals surface area contributed by atoms with Crippen LogP contribution in [0.3, 0.4) is 0 Å². The molecule has 0 bridgehead atoms. The highest BCUT2D eigenvalue weighted by molar-refractivity contribution is 6.19. The van der Waals surface area contributed by atoms with Gasteiger partial charge in [-0.1, -0.05) is 158 Å². The summed E-state index contributed by atoms with van der Waals surface area (Å²) >= 11 is 0. The Morgan fingerprint density at radius 1 is 0.488 bits per heavy atom. The Morgan fingerprint density at radius 2 is 1.02 bits per heavy atom. The fourth-order valence-corrected chi connectivity index (χ4v) is 6.24. The van der Waals surface area contributed by atoms with Crippen LogP contribution >= 0.6 is 0 Å². The summed E-state index contributed by atoms with van der Waals surface area (Å²) in [6, 6.07) is 51.5. The molecule has 204 valence electrons. The molecular formula is C42H31N. The lowest BCUT2D eigenvalue weighted by Crippen LogP contribution is -1.95. The van der Waals surface area contributed by atoms with Crippen LogP contribution in [0.4, 0.5) is 0 Å². The zero-order chi connectivity index (χ0) is 29.2. The summed E-state index contributed by atoms with van der Waals surface area (Å²) in [7, 11) is 0. The van der Waals surface area contributed by atoms with Crippen molar-refractivity contribution in [2.24, 2.45) is 5.73 Å². The number of hydrogen-bond donors (Lipinski definition) is 1. The molecule has 0 atom stereocenters. The van der Waals surface area contributed by atoms with Crippen LogP contribution < -0.4 is 5.73 Å². The van der Waals surface area contributed by atoms with Gasteiger partial charge in [-0.05, 0) is 82.9 Å². The maximum atomic E-state index is 6.39. The number of allylic oxidation sites excluding steroid dienone is 4. The van der Waals surface area contributed by atoms with E-state index in [1.807, 2.05) is 0 Å². The van der Waals surface area contributed by atoms with Crippen molar-refractivity contribution in [3.63, 3.8) is 0 Å². The van der Waals surface area contributed by atoms with Gasteiger partial charge in [0.25, 0.3) is 0 Å². The third-order valence-electron chi connectivity index (χ3n) is 8.26. The van der Waals surface area contributed by atoms with Crippen molar-refractivity contribution in [1.29, 1.82) is 0 Å². The minimum atomic E-state index is 0.944. The molecule has 0 spiro atoms. The molecule has 0 aliphatic carbocycles. The number of nitrogens with two attached hydrogens (primary N) is 1. The van der Waals surface area contributed by atoms with Gasteiger partial charge < -0.3 is 5.73 Å². The Kier molecular flexibility index (Phi) is 6.91. The predicted molar refractivity (Wildman–Crippen MR) is 187 cm³/mol. The monoisotopic (exact) mass is 549 g/mol. The van der Waals surface area contributed by atoms with Crippen LogP contribution in [0, 0.1) is 0 Å². The van der Waals surface area contributed by atoms with Crippen LogP contribution in [-0.2, 0) is 0 Å². The van der Waals surface area contributed by atoms with E-state index >= 15 is 0 Å². The number of fused-ring (bicyclic) bond motifs is 3. The Hall–Kier alpha value is -5.66. The number of benzene rings is 7. The molecule has 0 fully saturated rings. The smallest absolute Gasteiger partial charge is 0.00180 e. The van der Waals surface area contributed by atoms with Gasteiger partial charge in [0, 0.05) is 6.20 Å². The molecule has 0 aliphatic rings. The summed E-state index contributed by atoms with van der Waals surface area (Å²) in [4.78, 5) is 0. The molecule has 43 heavy (non-hydrogen) atoms. The lowest BCUT2D eigenvalue weighted by molar-refractivity contribution is 1.58. The molecule has 0 radical (unpaired) electrons. The quantitative estimate of drug-likeness (QED) is 0.162.